The fourth-order valence-electron chi connectivity index (χ4n) is 1.80. The van der Waals surface area contributed by atoms with Crippen molar-refractivity contribution in [3.63, 3.8) is 0 Å². The number of aromatic amines is 1. The topological polar surface area (TPSA) is 54.7 Å². The Morgan fingerprint density at radius 3 is 3.14 bits per heavy atom. The summed E-state index contributed by atoms with van der Waals surface area (Å²) in [6, 6.07) is 4.08. The third-order valence-corrected chi connectivity index (χ3v) is 2.52. The van der Waals surface area contributed by atoms with Gasteiger partial charge in [-0.3, -0.25) is 0 Å². The monoisotopic (exact) mass is 189 g/mol. The molecule has 2 rings (SSSR count). The summed E-state index contributed by atoms with van der Waals surface area (Å²) in [6.07, 6.45) is 3.88. The Labute approximate surface area is 83.3 Å². The summed E-state index contributed by atoms with van der Waals surface area (Å²) < 4.78 is 0. The largest absolute Gasteiger partial charge is 0.343 e. The molecular formula is C11H15N3. The second-order valence-electron chi connectivity index (χ2n) is 3.52. The number of aryl methyl sites for hydroxylation is 2. The molecule has 2 heterocycles. The number of nitrogens with one attached hydrogen (secondary N) is 1. The van der Waals surface area contributed by atoms with E-state index < -0.39 is 0 Å². The number of pyridine rings is 1. The van der Waals surface area contributed by atoms with Crippen LogP contribution in [0.4, 0.5) is 0 Å². The van der Waals surface area contributed by atoms with Gasteiger partial charge in [0, 0.05) is 17.3 Å². The molecule has 0 aliphatic carbocycles. The molecule has 0 fully saturated rings. The van der Waals surface area contributed by atoms with Gasteiger partial charge in [-0.2, -0.15) is 0 Å². The molecular weight excluding hydrogens is 174 g/mol. The van der Waals surface area contributed by atoms with Crippen LogP contribution in [0.3, 0.4) is 0 Å². The van der Waals surface area contributed by atoms with Crippen LogP contribution in [0.5, 0.6) is 0 Å². The van der Waals surface area contributed by atoms with Crippen LogP contribution in [0.25, 0.3) is 11.0 Å². The molecule has 0 aliphatic heterocycles. The number of hydrogen-bond donors (Lipinski definition) is 2. The van der Waals surface area contributed by atoms with Crippen molar-refractivity contribution in [3.8, 4) is 0 Å². The van der Waals surface area contributed by atoms with E-state index in [0.29, 0.717) is 0 Å². The predicted octanol–water partition coefficient (Wildman–Crippen LogP) is 1.76. The highest BCUT2D eigenvalue weighted by molar-refractivity contribution is 5.81. The van der Waals surface area contributed by atoms with Gasteiger partial charge in [0.2, 0.25) is 0 Å². The van der Waals surface area contributed by atoms with Crippen molar-refractivity contribution in [3.05, 3.63) is 29.6 Å². The molecule has 0 saturated heterocycles. The second-order valence-corrected chi connectivity index (χ2v) is 3.52. The quantitative estimate of drug-likeness (QED) is 0.773. The van der Waals surface area contributed by atoms with Gasteiger partial charge in [-0.05, 0) is 44.0 Å². The van der Waals surface area contributed by atoms with E-state index in [1.807, 2.05) is 12.3 Å². The zero-order valence-electron chi connectivity index (χ0n) is 8.38. The van der Waals surface area contributed by atoms with Crippen LogP contribution in [-0.4, -0.2) is 16.5 Å². The summed E-state index contributed by atoms with van der Waals surface area (Å²) in [4.78, 5) is 7.57. The molecule has 0 spiro atoms. The molecule has 0 unspecified atom stereocenters. The number of rotatable bonds is 3. The molecule has 0 saturated carbocycles. The molecule has 0 aromatic carbocycles. The standard InChI is InChI=1S/C11H15N3/c1-8-9(4-2-6-12)10-5-3-7-13-11(10)14-8/h3,5,7H,2,4,6,12H2,1H3,(H,13,14). The van der Waals surface area contributed by atoms with Crippen molar-refractivity contribution in [2.24, 2.45) is 5.73 Å². The van der Waals surface area contributed by atoms with Crippen LogP contribution >= 0.6 is 0 Å². The van der Waals surface area contributed by atoms with E-state index in [4.69, 9.17) is 5.73 Å². The summed E-state index contributed by atoms with van der Waals surface area (Å²) >= 11 is 0. The van der Waals surface area contributed by atoms with Crippen LogP contribution in [-0.2, 0) is 6.42 Å². The van der Waals surface area contributed by atoms with Crippen molar-refractivity contribution in [2.45, 2.75) is 19.8 Å². The number of nitrogens with two attached hydrogens (primary N) is 1. The summed E-state index contributed by atoms with van der Waals surface area (Å²) in [5, 5.41) is 1.23. The maximum Gasteiger partial charge on any atom is 0.137 e. The minimum absolute atomic E-state index is 0.742. The molecule has 0 atom stereocenters. The molecule has 2 aromatic heterocycles. The Bertz CT molecular complexity index is 431. The van der Waals surface area contributed by atoms with Crippen molar-refractivity contribution < 1.29 is 0 Å². The van der Waals surface area contributed by atoms with E-state index in [1.54, 1.807) is 0 Å². The van der Waals surface area contributed by atoms with Crippen LogP contribution < -0.4 is 5.73 Å². The van der Waals surface area contributed by atoms with Gasteiger partial charge in [-0.25, -0.2) is 4.98 Å². The number of H-pyrrole nitrogens is 1. The summed E-state index contributed by atoms with van der Waals surface area (Å²) in [6.45, 7) is 2.83. The van der Waals surface area contributed by atoms with E-state index in [0.717, 1.165) is 25.0 Å². The molecule has 74 valence electrons. The van der Waals surface area contributed by atoms with Gasteiger partial charge in [0.15, 0.2) is 0 Å². The first kappa shape index (κ1) is 9.21. The molecule has 3 nitrogen and oxygen atoms in total. The number of hydrogen-bond acceptors (Lipinski definition) is 2. The van der Waals surface area contributed by atoms with Gasteiger partial charge >= 0.3 is 0 Å². The molecule has 0 amide bonds. The van der Waals surface area contributed by atoms with E-state index in [9.17, 15) is 0 Å². The Hall–Kier alpha value is -1.35. The van der Waals surface area contributed by atoms with Gasteiger partial charge in [0.25, 0.3) is 0 Å². The van der Waals surface area contributed by atoms with E-state index >= 15 is 0 Å². The Balaban J connectivity index is 2.45. The van der Waals surface area contributed by atoms with Gasteiger partial charge in [-0.15, -0.1) is 0 Å². The van der Waals surface area contributed by atoms with E-state index in [2.05, 4.69) is 23.0 Å². The van der Waals surface area contributed by atoms with Gasteiger partial charge in [0.1, 0.15) is 5.65 Å². The van der Waals surface area contributed by atoms with Crippen molar-refractivity contribution >= 4 is 11.0 Å². The molecule has 2 aromatic rings. The third kappa shape index (κ3) is 1.51. The summed E-state index contributed by atoms with van der Waals surface area (Å²) in [7, 11) is 0. The Morgan fingerprint density at radius 1 is 1.50 bits per heavy atom. The second kappa shape index (κ2) is 3.80. The smallest absolute Gasteiger partial charge is 0.137 e. The molecule has 0 bridgehead atoms. The zero-order chi connectivity index (χ0) is 9.97. The Morgan fingerprint density at radius 2 is 2.36 bits per heavy atom. The molecule has 0 radical (unpaired) electrons. The normalized spacial score (nSPS) is 11.0. The molecule has 0 aliphatic rings. The highest BCUT2D eigenvalue weighted by Crippen LogP contribution is 2.21. The fourth-order valence-corrected chi connectivity index (χ4v) is 1.80. The third-order valence-electron chi connectivity index (χ3n) is 2.52. The average Bonchev–Trinajstić information content (AvgIpc) is 2.51. The Kier molecular flexibility index (Phi) is 2.50. The predicted molar refractivity (Wildman–Crippen MR) is 58.2 cm³/mol. The highest BCUT2D eigenvalue weighted by atomic mass is 14.9. The average molecular weight is 189 g/mol. The number of aromatic nitrogens is 2. The number of fused-ring (bicyclic) bond motifs is 1. The van der Waals surface area contributed by atoms with E-state index in [-0.39, 0.29) is 0 Å². The first-order valence-electron chi connectivity index (χ1n) is 4.95. The lowest BCUT2D eigenvalue weighted by atomic mass is 10.1. The SMILES string of the molecule is Cc1[nH]c2ncccc2c1CCCN. The molecule has 3 N–H and O–H groups in total. The van der Waals surface area contributed by atoms with Crippen LogP contribution in [0.15, 0.2) is 18.3 Å². The summed E-state index contributed by atoms with van der Waals surface area (Å²) in [5.74, 6) is 0. The molecule has 3 heteroatoms. The lowest BCUT2D eigenvalue weighted by Gasteiger charge is -1.98. The maximum atomic E-state index is 5.51. The summed E-state index contributed by atoms with van der Waals surface area (Å²) in [5.41, 5.74) is 9.07. The minimum Gasteiger partial charge on any atom is -0.343 e. The van der Waals surface area contributed by atoms with Crippen LogP contribution in [0.2, 0.25) is 0 Å². The van der Waals surface area contributed by atoms with Crippen LogP contribution in [0.1, 0.15) is 17.7 Å². The van der Waals surface area contributed by atoms with Crippen molar-refractivity contribution in [1.29, 1.82) is 0 Å². The fraction of sp³-hybridized carbons (Fsp3) is 0.364. The van der Waals surface area contributed by atoms with Gasteiger partial charge < -0.3 is 10.7 Å². The maximum absolute atomic E-state index is 5.51. The van der Waals surface area contributed by atoms with Gasteiger partial charge in [0.05, 0.1) is 0 Å². The molecule has 14 heavy (non-hydrogen) atoms. The van der Waals surface area contributed by atoms with Gasteiger partial charge in [-0.1, -0.05) is 0 Å². The van der Waals surface area contributed by atoms with Crippen LogP contribution in [0, 0.1) is 6.92 Å². The lowest BCUT2D eigenvalue weighted by Crippen LogP contribution is -2.00. The lowest BCUT2D eigenvalue weighted by molar-refractivity contribution is 0.831. The minimum atomic E-state index is 0.742. The first-order chi connectivity index (χ1) is 6.83. The highest BCUT2D eigenvalue weighted by Gasteiger charge is 2.07. The zero-order valence-corrected chi connectivity index (χ0v) is 8.38. The number of nitrogens with zero attached hydrogens (tertiary/aromatic N) is 1. The van der Waals surface area contributed by atoms with Crippen molar-refractivity contribution in [1.82, 2.24) is 9.97 Å². The van der Waals surface area contributed by atoms with Crippen molar-refractivity contribution in [2.75, 3.05) is 6.54 Å². The van der Waals surface area contributed by atoms with E-state index in [1.165, 1.54) is 16.6 Å². The first-order valence-corrected chi connectivity index (χ1v) is 4.95.